The maximum atomic E-state index is 9.54. The van der Waals surface area contributed by atoms with Crippen molar-refractivity contribution in [2.75, 3.05) is 0 Å². The van der Waals surface area contributed by atoms with Crippen molar-refractivity contribution >= 4 is 11.9 Å². The Bertz CT molecular complexity index is 104. The number of amides is 1. The maximum absolute atomic E-state index is 9.54. The standard InChI is InChI=1S/C3H6N2O2/c1-2(4)5-3(6)7/h1H3,(H2,4,5)(H,6,7). The van der Waals surface area contributed by atoms with Gasteiger partial charge in [-0.15, -0.1) is 0 Å². The molecule has 4 heteroatoms. The van der Waals surface area contributed by atoms with Crippen LogP contribution < -0.4 is 5.73 Å². The highest BCUT2D eigenvalue weighted by atomic mass is 16.4. The molecule has 0 bridgehead atoms. The van der Waals surface area contributed by atoms with Gasteiger partial charge in [-0.1, -0.05) is 0 Å². The van der Waals surface area contributed by atoms with Crippen molar-refractivity contribution in [2.45, 2.75) is 6.92 Å². The fraction of sp³-hybridized carbons (Fsp3) is 0.333. The minimum atomic E-state index is -1.25. The van der Waals surface area contributed by atoms with Gasteiger partial charge in [-0.2, -0.15) is 4.99 Å². The molecule has 0 aliphatic rings. The van der Waals surface area contributed by atoms with Gasteiger partial charge in [0.15, 0.2) is 0 Å². The number of nitrogens with zero attached hydrogens (tertiary/aromatic N) is 1. The van der Waals surface area contributed by atoms with Crippen LogP contribution >= 0.6 is 0 Å². The summed E-state index contributed by atoms with van der Waals surface area (Å²) in [7, 11) is 0. The molecule has 0 rings (SSSR count). The van der Waals surface area contributed by atoms with Gasteiger partial charge >= 0.3 is 6.09 Å². The minimum absolute atomic E-state index is 0.0625. The molecule has 0 atom stereocenters. The second-order valence-electron chi connectivity index (χ2n) is 1.04. The van der Waals surface area contributed by atoms with Crippen LogP contribution in [-0.4, -0.2) is 17.0 Å². The molecule has 0 aliphatic heterocycles. The number of amidine groups is 1. The third-order valence-electron chi connectivity index (χ3n) is 0.272. The minimum Gasteiger partial charge on any atom is -0.463 e. The molecular formula is C3H6N2O2. The van der Waals surface area contributed by atoms with Crippen LogP contribution in [0.2, 0.25) is 0 Å². The number of hydrogen-bond donors (Lipinski definition) is 2. The monoisotopic (exact) mass is 102 g/mol. The summed E-state index contributed by atoms with van der Waals surface area (Å²) in [4.78, 5) is 12.4. The van der Waals surface area contributed by atoms with E-state index in [9.17, 15) is 4.79 Å². The topological polar surface area (TPSA) is 75.7 Å². The lowest BCUT2D eigenvalue weighted by molar-refractivity contribution is 0.205. The van der Waals surface area contributed by atoms with Crippen LogP contribution in [0, 0.1) is 0 Å². The average molecular weight is 102 g/mol. The number of carbonyl (C=O) groups is 1. The summed E-state index contributed by atoms with van der Waals surface area (Å²) in [5.41, 5.74) is 4.86. The highest BCUT2D eigenvalue weighted by Crippen LogP contribution is 1.68. The van der Waals surface area contributed by atoms with Crippen molar-refractivity contribution in [3.8, 4) is 0 Å². The molecule has 40 valence electrons. The first-order valence-electron chi connectivity index (χ1n) is 1.66. The number of rotatable bonds is 0. The molecule has 0 saturated heterocycles. The van der Waals surface area contributed by atoms with Crippen LogP contribution in [0.3, 0.4) is 0 Å². The van der Waals surface area contributed by atoms with Crippen LogP contribution in [-0.2, 0) is 0 Å². The van der Waals surface area contributed by atoms with Crippen molar-refractivity contribution in [2.24, 2.45) is 10.7 Å². The summed E-state index contributed by atoms with van der Waals surface area (Å²) in [5, 5.41) is 7.82. The Labute approximate surface area is 40.7 Å². The Morgan fingerprint density at radius 3 is 2.29 bits per heavy atom. The van der Waals surface area contributed by atoms with Crippen LogP contribution in [0.15, 0.2) is 4.99 Å². The van der Waals surface area contributed by atoms with Gasteiger partial charge < -0.3 is 10.8 Å². The van der Waals surface area contributed by atoms with Crippen LogP contribution in [0.1, 0.15) is 6.92 Å². The molecule has 7 heavy (non-hydrogen) atoms. The van der Waals surface area contributed by atoms with E-state index in [4.69, 9.17) is 10.8 Å². The van der Waals surface area contributed by atoms with Gasteiger partial charge in [0.05, 0.1) is 0 Å². The molecule has 0 fully saturated rings. The molecule has 3 N–H and O–H groups in total. The summed E-state index contributed by atoms with van der Waals surface area (Å²) in [6, 6.07) is 0. The molecular weight excluding hydrogens is 96.0 g/mol. The summed E-state index contributed by atoms with van der Waals surface area (Å²) in [6.07, 6.45) is -1.25. The lowest BCUT2D eigenvalue weighted by atomic mass is 10.7. The zero-order valence-electron chi connectivity index (χ0n) is 3.88. The highest BCUT2D eigenvalue weighted by Gasteiger charge is 1.85. The quantitative estimate of drug-likeness (QED) is 0.335. The maximum Gasteiger partial charge on any atom is 0.432 e. The largest absolute Gasteiger partial charge is 0.463 e. The highest BCUT2D eigenvalue weighted by molar-refractivity contribution is 5.87. The third kappa shape index (κ3) is 4.94. The lowest BCUT2D eigenvalue weighted by Gasteiger charge is -1.80. The number of aliphatic imine (C=N–C) groups is 1. The van der Waals surface area contributed by atoms with Gasteiger partial charge in [-0.25, -0.2) is 4.79 Å². The van der Waals surface area contributed by atoms with E-state index in [1.54, 1.807) is 0 Å². The van der Waals surface area contributed by atoms with Crippen molar-refractivity contribution in [3.63, 3.8) is 0 Å². The second-order valence-corrected chi connectivity index (χ2v) is 1.04. The normalized spacial score (nSPS) is 11.3. The Kier molecular flexibility index (Phi) is 1.84. The molecule has 0 aromatic rings. The molecule has 0 aliphatic carbocycles. The van der Waals surface area contributed by atoms with E-state index in [-0.39, 0.29) is 5.84 Å². The first-order chi connectivity index (χ1) is 3.13. The van der Waals surface area contributed by atoms with E-state index in [0.717, 1.165) is 0 Å². The smallest absolute Gasteiger partial charge is 0.432 e. The molecule has 0 saturated carbocycles. The van der Waals surface area contributed by atoms with Crippen LogP contribution in [0.25, 0.3) is 0 Å². The zero-order valence-corrected chi connectivity index (χ0v) is 3.88. The molecule has 0 aromatic carbocycles. The predicted octanol–water partition coefficient (Wildman–Crippen LogP) is 0.0415. The van der Waals surface area contributed by atoms with Gasteiger partial charge in [0.25, 0.3) is 0 Å². The molecule has 0 unspecified atom stereocenters. The summed E-state index contributed by atoms with van der Waals surface area (Å²) < 4.78 is 0. The van der Waals surface area contributed by atoms with Crippen molar-refractivity contribution < 1.29 is 9.90 Å². The van der Waals surface area contributed by atoms with E-state index >= 15 is 0 Å². The average Bonchev–Trinajstić information content (AvgIpc) is 1.27. The van der Waals surface area contributed by atoms with Crippen molar-refractivity contribution in [1.29, 1.82) is 0 Å². The number of nitrogens with two attached hydrogens (primary N) is 1. The molecule has 0 heterocycles. The van der Waals surface area contributed by atoms with Gasteiger partial charge in [-0.3, -0.25) is 0 Å². The fourth-order valence-electron chi connectivity index (χ4n) is 0.151. The third-order valence-corrected chi connectivity index (χ3v) is 0.272. The molecule has 0 aromatic heterocycles. The molecule has 4 nitrogen and oxygen atoms in total. The zero-order chi connectivity index (χ0) is 5.86. The van der Waals surface area contributed by atoms with Crippen LogP contribution in [0.4, 0.5) is 4.79 Å². The van der Waals surface area contributed by atoms with E-state index in [1.807, 2.05) is 0 Å². The summed E-state index contributed by atoms with van der Waals surface area (Å²) in [5.74, 6) is 0.0625. The van der Waals surface area contributed by atoms with E-state index in [0.29, 0.717) is 0 Å². The predicted molar refractivity (Wildman–Crippen MR) is 25.3 cm³/mol. The second kappa shape index (κ2) is 2.17. The van der Waals surface area contributed by atoms with Gasteiger partial charge in [0.1, 0.15) is 5.84 Å². The summed E-state index contributed by atoms with van der Waals surface area (Å²) in [6.45, 7) is 1.41. The van der Waals surface area contributed by atoms with Gasteiger partial charge in [-0.05, 0) is 6.92 Å². The molecule has 0 spiro atoms. The first kappa shape index (κ1) is 5.94. The fourth-order valence-corrected chi connectivity index (χ4v) is 0.151. The van der Waals surface area contributed by atoms with Crippen LogP contribution in [0.5, 0.6) is 0 Å². The lowest BCUT2D eigenvalue weighted by Crippen LogP contribution is -2.07. The van der Waals surface area contributed by atoms with Gasteiger partial charge in [0, 0.05) is 0 Å². The van der Waals surface area contributed by atoms with E-state index < -0.39 is 6.09 Å². The Morgan fingerprint density at radius 2 is 2.29 bits per heavy atom. The van der Waals surface area contributed by atoms with Crippen molar-refractivity contribution in [1.82, 2.24) is 0 Å². The molecule has 0 radical (unpaired) electrons. The first-order valence-corrected chi connectivity index (χ1v) is 1.66. The SMILES string of the molecule is C/C(N)=N/C(=O)O. The Morgan fingerprint density at radius 1 is 1.86 bits per heavy atom. The van der Waals surface area contributed by atoms with E-state index in [1.165, 1.54) is 6.92 Å². The van der Waals surface area contributed by atoms with Gasteiger partial charge in [0.2, 0.25) is 0 Å². The molecule has 1 amide bonds. The van der Waals surface area contributed by atoms with Crippen molar-refractivity contribution in [3.05, 3.63) is 0 Å². The van der Waals surface area contributed by atoms with E-state index in [2.05, 4.69) is 4.99 Å². The number of hydrogen-bond acceptors (Lipinski definition) is 1. The Hall–Kier alpha value is -1.06. The summed E-state index contributed by atoms with van der Waals surface area (Å²) >= 11 is 0. The number of carboxylic acid groups (broad SMARTS) is 1. The Balaban J connectivity index is 3.68.